The molecule has 1 aromatic rings. The molecule has 0 aliphatic carbocycles. The maximum absolute atomic E-state index is 9.99. The molecule has 0 amide bonds. The fourth-order valence-electron chi connectivity index (χ4n) is 0.500. The van der Waals surface area contributed by atoms with Gasteiger partial charge in [0.1, 0.15) is 0 Å². The molecule has 0 saturated carbocycles. The Kier molecular flexibility index (Phi) is 7.11. The van der Waals surface area contributed by atoms with Crippen LogP contribution in [0.1, 0.15) is 0 Å². The summed E-state index contributed by atoms with van der Waals surface area (Å²) in [5.74, 6) is 0. The second kappa shape index (κ2) is 6.05. The van der Waals surface area contributed by atoms with Crippen molar-refractivity contribution in [2.75, 3.05) is 0 Å². The summed E-state index contributed by atoms with van der Waals surface area (Å²) in [6, 6.07) is 8.51. The molecule has 0 unspecified atom stereocenters. The van der Waals surface area contributed by atoms with E-state index in [1.807, 2.05) is 0 Å². The maximum atomic E-state index is 9.99. The minimum atomic E-state index is -0.437. The van der Waals surface area contributed by atoms with E-state index in [-0.39, 0.29) is 34.2 Å². The number of nitrogens with zero attached hydrogens (tertiary/aromatic N) is 1. The van der Waals surface area contributed by atoms with E-state index in [2.05, 4.69) is 6.07 Å². The third-order valence-electron chi connectivity index (χ3n) is 0.911. The van der Waals surface area contributed by atoms with Crippen molar-refractivity contribution >= 4 is 5.69 Å². The Balaban J connectivity index is 0. The number of nitro groups is 1. The third-order valence-corrected chi connectivity index (χ3v) is 0.911. The molecule has 1 aromatic carbocycles. The normalized spacial score (nSPS) is 7.27. The molecule has 0 aromatic heterocycles. The van der Waals surface area contributed by atoms with Crippen LogP contribution in [-0.2, 0) is 21.1 Å². The van der Waals surface area contributed by atoms with Gasteiger partial charge in [-0.15, -0.1) is 0 Å². The summed E-state index contributed by atoms with van der Waals surface area (Å²) in [5.41, 5.74) is 0.105. The van der Waals surface area contributed by atoms with Crippen LogP contribution >= 0.6 is 0 Å². The van der Waals surface area contributed by atoms with E-state index in [4.69, 9.17) is 0 Å². The first-order valence-corrected chi connectivity index (χ1v) is 2.41. The quantitative estimate of drug-likeness (QED) is 0.450. The van der Waals surface area contributed by atoms with Crippen LogP contribution < -0.4 is 0 Å². The summed E-state index contributed by atoms with van der Waals surface area (Å²) in [5, 5.41) is 9.99. The SMILES string of the molecule is O=[N+]([O-])c1cc[c-]cc1.[CH3-].[W+2]. The average molecular weight is 321 g/mol. The smallest absolute Gasteiger partial charge is 0.358 e. The molecule has 58 valence electrons. The van der Waals surface area contributed by atoms with Gasteiger partial charge in [-0.25, -0.2) is 0 Å². The molecule has 0 spiro atoms. The van der Waals surface area contributed by atoms with Gasteiger partial charge in [-0.05, 0) is 0 Å². The maximum Gasteiger partial charge on any atom is 2.00 e. The monoisotopic (exact) mass is 321 g/mol. The van der Waals surface area contributed by atoms with Crippen molar-refractivity contribution < 1.29 is 26.0 Å². The summed E-state index contributed by atoms with van der Waals surface area (Å²) in [6.45, 7) is 0. The number of hydrogen-bond acceptors (Lipinski definition) is 2. The van der Waals surface area contributed by atoms with Crippen molar-refractivity contribution in [3.8, 4) is 0 Å². The fourth-order valence-corrected chi connectivity index (χ4v) is 0.500. The topological polar surface area (TPSA) is 43.1 Å². The van der Waals surface area contributed by atoms with Crippen molar-refractivity contribution in [3.63, 3.8) is 0 Å². The van der Waals surface area contributed by atoms with Gasteiger partial charge in [0.05, 0.1) is 0 Å². The van der Waals surface area contributed by atoms with Crippen LogP contribution in [0.25, 0.3) is 0 Å². The molecule has 0 bridgehead atoms. The Hall–Kier alpha value is -0.692. The zero-order valence-corrected chi connectivity index (χ0v) is 8.91. The van der Waals surface area contributed by atoms with Crippen molar-refractivity contribution in [1.82, 2.24) is 0 Å². The standard InChI is InChI=1S/C6H4NO2.CH3.W/c8-7(9)6-4-2-1-3-5-6;;/h2-5H;1H3;/q2*-1;+2. The first kappa shape index (κ1) is 12.9. The Bertz CT molecular complexity index is 213. The number of hydrogen-bond donors (Lipinski definition) is 0. The molecule has 3 nitrogen and oxygen atoms in total. The summed E-state index contributed by atoms with van der Waals surface area (Å²) >= 11 is 0. The number of nitro benzene ring substituents is 1. The Morgan fingerprint density at radius 3 is 2.09 bits per heavy atom. The zero-order valence-electron chi connectivity index (χ0n) is 5.98. The predicted octanol–water partition coefficient (Wildman–Crippen LogP) is 1.84. The predicted molar refractivity (Wildman–Crippen MR) is 38.3 cm³/mol. The van der Waals surface area contributed by atoms with Gasteiger partial charge in [0, 0.05) is 4.92 Å². The average Bonchev–Trinajstić information content (AvgIpc) is 1.90. The zero-order chi connectivity index (χ0) is 6.69. The van der Waals surface area contributed by atoms with Crippen LogP contribution in [0.5, 0.6) is 0 Å². The summed E-state index contributed by atoms with van der Waals surface area (Å²) in [6.07, 6.45) is 0. The van der Waals surface area contributed by atoms with E-state index >= 15 is 0 Å². The fraction of sp³-hybridized carbons (Fsp3) is 0. The van der Waals surface area contributed by atoms with E-state index in [1.165, 1.54) is 24.3 Å². The second-order valence-corrected chi connectivity index (χ2v) is 1.52. The first-order valence-electron chi connectivity index (χ1n) is 2.41. The van der Waals surface area contributed by atoms with Crippen molar-refractivity contribution in [3.05, 3.63) is 47.9 Å². The molecular weight excluding hydrogens is 314 g/mol. The molecule has 4 heteroatoms. The van der Waals surface area contributed by atoms with Crippen molar-refractivity contribution in [2.24, 2.45) is 0 Å². The van der Waals surface area contributed by atoms with E-state index in [0.717, 1.165) is 0 Å². The molecule has 0 atom stereocenters. The number of non-ortho nitro benzene ring substituents is 1. The molecule has 0 N–H and O–H groups in total. The Morgan fingerprint density at radius 2 is 1.82 bits per heavy atom. The number of benzene rings is 1. The molecular formula is C7H7NO2W. The van der Waals surface area contributed by atoms with Crippen molar-refractivity contribution in [2.45, 2.75) is 0 Å². The molecule has 0 heterocycles. The molecule has 11 heavy (non-hydrogen) atoms. The van der Waals surface area contributed by atoms with Crippen molar-refractivity contribution in [1.29, 1.82) is 0 Å². The van der Waals surface area contributed by atoms with Gasteiger partial charge < -0.3 is 7.43 Å². The third kappa shape index (κ3) is 3.89. The van der Waals surface area contributed by atoms with Crippen LogP contribution in [0, 0.1) is 23.6 Å². The minimum absolute atomic E-state index is 0. The van der Waals surface area contributed by atoms with E-state index in [1.54, 1.807) is 0 Å². The molecule has 0 radical (unpaired) electrons. The van der Waals surface area contributed by atoms with Crippen LogP contribution in [0.4, 0.5) is 5.69 Å². The second-order valence-electron chi connectivity index (χ2n) is 1.52. The van der Waals surface area contributed by atoms with Crippen LogP contribution in [0.2, 0.25) is 0 Å². The van der Waals surface area contributed by atoms with Gasteiger partial charge in [-0.2, -0.15) is 18.2 Å². The Labute approximate surface area is 79.8 Å². The van der Waals surface area contributed by atoms with Gasteiger partial charge >= 0.3 is 21.1 Å². The Morgan fingerprint density at radius 1 is 1.36 bits per heavy atom. The summed E-state index contributed by atoms with van der Waals surface area (Å²) < 4.78 is 0. The molecule has 0 aliphatic heterocycles. The summed E-state index contributed by atoms with van der Waals surface area (Å²) in [7, 11) is 0. The largest absolute Gasteiger partial charge is 2.00 e. The van der Waals surface area contributed by atoms with E-state index in [9.17, 15) is 10.1 Å². The van der Waals surface area contributed by atoms with E-state index < -0.39 is 4.92 Å². The van der Waals surface area contributed by atoms with Gasteiger partial charge in [0.25, 0.3) is 0 Å². The molecule has 0 fully saturated rings. The summed E-state index contributed by atoms with van der Waals surface area (Å²) in [4.78, 5) is 9.56. The number of rotatable bonds is 1. The van der Waals surface area contributed by atoms with Gasteiger partial charge in [0.15, 0.2) is 5.69 Å². The first-order chi connectivity index (χ1) is 4.30. The van der Waals surface area contributed by atoms with Gasteiger partial charge in [0.2, 0.25) is 0 Å². The van der Waals surface area contributed by atoms with Crippen LogP contribution in [0.3, 0.4) is 0 Å². The minimum Gasteiger partial charge on any atom is -0.358 e. The molecule has 0 aliphatic rings. The molecule has 0 saturated heterocycles. The molecule has 1 rings (SSSR count). The van der Waals surface area contributed by atoms with Crippen LogP contribution in [0.15, 0.2) is 24.3 Å². The van der Waals surface area contributed by atoms with Gasteiger partial charge in [-0.1, -0.05) is 12.1 Å². The van der Waals surface area contributed by atoms with Gasteiger partial charge in [-0.3, -0.25) is 10.1 Å². The van der Waals surface area contributed by atoms with E-state index in [0.29, 0.717) is 0 Å². The van der Waals surface area contributed by atoms with Crippen LogP contribution in [-0.4, -0.2) is 4.92 Å².